The zero-order chi connectivity index (χ0) is 18.1. The summed E-state index contributed by atoms with van der Waals surface area (Å²) in [6.45, 7) is 1.38. The Kier molecular flexibility index (Phi) is 4.73. The van der Waals surface area contributed by atoms with Crippen LogP contribution < -0.4 is 11.0 Å². The van der Waals surface area contributed by atoms with Crippen molar-refractivity contribution >= 4 is 34.9 Å². The Labute approximate surface area is 151 Å². The average molecular weight is 384 g/mol. The van der Waals surface area contributed by atoms with Crippen LogP contribution in [0.2, 0.25) is 10.2 Å². The van der Waals surface area contributed by atoms with E-state index in [-0.39, 0.29) is 22.5 Å². The number of nitrogens with zero attached hydrogens (tertiary/aromatic N) is 4. The van der Waals surface area contributed by atoms with E-state index in [2.05, 4.69) is 15.4 Å². The number of halogens is 3. The highest BCUT2D eigenvalue weighted by Crippen LogP contribution is 2.20. The number of carbonyl (C=O) groups is 1. The summed E-state index contributed by atoms with van der Waals surface area (Å²) < 4.78 is 15.7. The van der Waals surface area contributed by atoms with Crippen molar-refractivity contribution in [1.29, 1.82) is 0 Å². The van der Waals surface area contributed by atoms with Crippen LogP contribution in [-0.4, -0.2) is 25.1 Å². The first-order valence-electron chi connectivity index (χ1n) is 7.21. The van der Waals surface area contributed by atoms with E-state index in [1.54, 1.807) is 13.0 Å². The normalized spacial score (nSPS) is 12.3. The maximum Gasteiger partial charge on any atom is 0.352 e. The van der Waals surface area contributed by atoms with Crippen LogP contribution in [0.1, 0.15) is 18.5 Å². The van der Waals surface area contributed by atoms with Gasteiger partial charge in [-0.05, 0) is 30.7 Å². The van der Waals surface area contributed by atoms with E-state index in [4.69, 9.17) is 23.2 Å². The fraction of sp³-hybridized carbons (Fsp3) is 0.200. The van der Waals surface area contributed by atoms with Crippen LogP contribution in [0.4, 0.5) is 4.39 Å². The second-order valence-corrected chi connectivity index (χ2v) is 6.12. The second kappa shape index (κ2) is 6.81. The molecule has 25 heavy (non-hydrogen) atoms. The number of aromatic nitrogens is 4. The van der Waals surface area contributed by atoms with Gasteiger partial charge in [0.25, 0.3) is 5.78 Å². The van der Waals surface area contributed by atoms with Gasteiger partial charge in [-0.15, -0.1) is 5.10 Å². The number of carbonyl (C=O) groups excluding carboxylic acids is 1. The molecule has 1 amide bonds. The summed E-state index contributed by atoms with van der Waals surface area (Å²) in [7, 11) is 0. The number of fused-ring (bicyclic) bond motifs is 1. The van der Waals surface area contributed by atoms with Gasteiger partial charge in [-0.3, -0.25) is 4.79 Å². The van der Waals surface area contributed by atoms with Crippen molar-refractivity contribution in [2.75, 3.05) is 0 Å². The zero-order valence-electron chi connectivity index (χ0n) is 12.9. The van der Waals surface area contributed by atoms with Crippen LogP contribution in [0, 0.1) is 5.82 Å². The van der Waals surface area contributed by atoms with Gasteiger partial charge in [0.15, 0.2) is 0 Å². The molecule has 1 aromatic carbocycles. The number of benzene rings is 1. The fourth-order valence-electron chi connectivity index (χ4n) is 2.28. The molecule has 0 saturated heterocycles. The third kappa shape index (κ3) is 3.64. The third-order valence-corrected chi connectivity index (χ3v) is 4.05. The lowest BCUT2D eigenvalue weighted by molar-refractivity contribution is -0.122. The summed E-state index contributed by atoms with van der Waals surface area (Å²) in [6.07, 6.45) is 1.42. The quantitative estimate of drug-likeness (QED) is 0.700. The molecule has 0 spiro atoms. The van der Waals surface area contributed by atoms with Crippen molar-refractivity contribution in [3.8, 4) is 0 Å². The largest absolute Gasteiger partial charge is 0.352 e. The van der Waals surface area contributed by atoms with Gasteiger partial charge in [0.1, 0.15) is 17.5 Å². The molecule has 2 aromatic heterocycles. The maximum atomic E-state index is 13.5. The van der Waals surface area contributed by atoms with E-state index < -0.39 is 23.5 Å². The molecule has 7 nitrogen and oxygen atoms in total. The summed E-state index contributed by atoms with van der Waals surface area (Å²) in [4.78, 5) is 28.2. The molecule has 3 rings (SSSR count). The van der Waals surface area contributed by atoms with Gasteiger partial charge in [0, 0.05) is 6.20 Å². The molecule has 0 radical (unpaired) electrons. The molecule has 10 heteroatoms. The molecule has 0 aliphatic rings. The van der Waals surface area contributed by atoms with E-state index in [9.17, 15) is 14.0 Å². The number of hydrogen-bond acceptors (Lipinski definition) is 4. The Bertz CT molecular complexity index is 1020. The summed E-state index contributed by atoms with van der Waals surface area (Å²) in [5.74, 6) is -0.933. The highest BCUT2D eigenvalue weighted by Gasteiger charge is 2.15. The van der Waals surface area contributed by atoms with Crippen LogP contribution >= 0.6 is 23.2 Å². The number of rotatable bonds is 4. The predicted octanol–water partition coefficient (Wildman–Crippen LogP) is 2.21. The smallest absolute Gasteiger partial charge is 0.348 e. The van der Waals surface area contributed by atoms with Crippen LogP contribution in [0.5, 0.6) is 0 Å². The molecule has 1 atom stereocenters. The lowest BCUT2D eigenvalue weighted by Gasteiger charge is -2.14. The van der Waals surface area contributed by atoms with Crippen molar-refractivity contribution in [3.05, 3.63) is 62.5 Å². The first-order valence-corrected chi connectivity index (χ1v) is 7.97. The van der Waals surface area contributed by atoms with E-state index in [1.165, 1.54) is 28.8 Å². The van der Waals surface area contributed by atoms with Crippen molar-refractivity contribution in [3.63, 3.8) is 0 Å². The molecule has 0 bridgehead atoms. The van der Waals surface area contributed by atoms with Gasteiger partial charge in [0.2, 0.25) is 5.91 Å². The molecule has 130 valence electrons. The van der Waals surface area contributed by atoms with Gasteiger partial charge in [-0.2, -0.15) is 4.98 Å². The maximum absolute atomic E-state index is 13.5. The number of hydrogen-bond donors (Lipinski definition) is 1. The van der Waals surface area contributed by atoms with Crippen molar-refractivity contribution in [2.45, 2.75) is 19.5 Å². The van der Waals surface area contributed by atoms with E-state index >= 15 is 0 Å². The standard InChI is InChI=1S/C15H12Cl2FN5O2/c1-8(9-2-3-10(16)11(18)6-9)19-13(24)7-23-15(25)22-5-4-12(17)20-14(22)21-23/h2-6,8H,7H2,1H3,(H,19,24)/t8-/m0/s1. The van der Waals surface area contributed by atoms with E-state index in [0.29, 0.717) is 5.56 Å². The summed E-state index contributed by atoms with van der Waals surface area (Å²) in [6, 6.07) is 5.24. The van der Waals surface area contributed by atoms with E-state index in [1.807, 2.05) is 0 Å². The van der Waals surface area contributed by atoms with Crippen LogP contribution in [-0.2, 0) is 11.3 Å². The first-order chi connectivity index (χ1) is 11.8. The Morgan fingerprint density at radius 1 is 1.36 bits per heavy atom. The summed E-state index contributed by atoms with van der Waals surface area (Å²) >= 11 is 11.4. The lowest BCUT2D eigenvalue weighted by Crippen LogP contribution is -2.34. The zero-order valence-corrected chi connectivity index (χ0v) is 14.4. The average Bonchev–Trinajstić information content (AvgIpc) is 2.85. The molecule has 3 aromatic rings. The molecule has 0 unspecified atom stereocenters. The topological polar surface area (TPSA) is 81.3 Å². The number of nitrogens with one attached hydrogen (secondary N) is 1. The second-order valence-electron chi connectivity index (χ2n) is 5.32. The minimum Gasteiger partial charge on any atom is -0.348 e. The van der Waals surface area contributed by atoms with Gasteiger partial charge < -0.3 is 5.32 Å². The lowest BCUT2D eigenvalue weighted by atomic mass is 10.1. The number of amides is 1. The van der Waals surface area contributed by atoms with Crippen LogP contribution in [0.25, 0.3) is 5.78 Å². The monoisotopic (exact) mass is 383 g/mol. The van der Waals surface area contributed by atoms with Gasteiger partial charge >= 0.3 is 5.69 Å². The Hall–Kier alpha value is -2.45. The molecule has 2 heterocycles. The summed E-state index contributed by atoms with van der Waals surface area (Å²) in [5.41, 5.74) is 0.0329. The van der Waals surface area contributed by atoms with Crippen LogP contribution in [0.15, 0.2) is 35.3 Å². The Morgan fingerprint density at radius 2 is 2.12 bits per heavy atom. The SMILES string of the molecule is C[C@H](NC(=O)Cn1nc2nc(Cl)ccn2c1=O)c1ccc(Cl)c(F)c1. The third-order valence-electron chi connectivity index (χ3n) is 3.53. The highest BCUT2D eigenvalue weighted by molar-refractivity contribution is 6.30. The Balaban J connectivity index is 1.75. The molecule has 1 N–H and O–H groups in total. The van der Waals surface area contributed by atoms with Gasteiger partial charge in [-0.25, -0.2) is 18.3 Å². The highest BCUT2D eigenvalue weighted by atomic mass is 35.5. The molecular formula is C15H12Cl2FN5O2. The first kappa shape index (κ1) is 17.4. The molecule has 0 aliphatic carbocycles. The predicted molar refractivity (Wildman–Crippen MR) is 90.2 cm³/mol. The molecule has 0 saturated carbocycles. The minimum absolute atomic E-state index is 0.00434. The molecular weight excluding hydrogens is 372 g/mol. The van der Waals surface area contributed by atoms with Gasteiger partial charge in [0.05, 0.1) is 11.1 Å². The van der Waals surface area contributed by atoms with Crippen molar-refractivity contribution < 1.29 is 9.18 Å². The van der Waals surface area contributed by atoms with Crippen LogP contribution in [0.3, 0.4) is 0 Å². The Morgan fingerprint density at radius 3 is 2.84 bits per heavy atom. The summed E-state index contributed by atoms with van der Waals surface area (Å²) in [5, 5.41) is 6.81. The molecule has 0 fully saturated rings. The molecule has 0 aliphatic heterocycles. The van der Waals surface area contributed by atoms with Crippen molar-refractivity contribution in [2.24, 2.45) is 0 Å². The van der Waals surface area contributed by atoms with Gasteiger partial charge in [-0.1, -0.05) is 29.3 Å². The fourth-order valence-corrected chi connectivity index (χ4v) is 2.52. The minimum atomic E-state index is -0.570. The van der Waals surface area contributed by atoms with E-state index in [0.717, 1.165) is 4.68 Å². The van der Waals surface area contributed by atoms with Crippen molar-refractivity contribution in [1.82, 2.24) is 24.5 Å².